The fourth-order valence-corrected chi connectivity index (χ4v) is 3.06. The Kier molecular flexibility index (Phi) is 4.47. The second-order valence-corrected chi connectivity index (χ2v) is 5.62. The van der Waals surface area contributed by atoms with E-state index in [2.05, 4.69) is 5.10 Å². The van der Waals surface area contributed by atoms with Gasteiger partial charge in [0.2, 0.25) is 0 Å². The predicted molar refractivity (Wildman–Crippen MR) is 84.9 cm³/mol. The van der Waals surface area contributed by atoms with Gasteiger partial charge in [-0.15, -0.1) is 0 Å². The third-order valence-corrected chi connectivity index (χ3v) is 4.13. The van der Waals surface area contributed by atoms with Gasteiger partial charge < -0.3 is 0 Å². The first-order chi connectivity index (χ1) is 10.8. The number of carbonyl (C=O) groups is 1. The highest BCUT2D eigenvalue weighted by molar-refractivity contribution is 5.70. The van der Waals surface area contributed by atoms with Gasteiger partial charge in [0.15, 0.2) is 0 Å². The zero-order valence-corrected chi connectivity index (χ0v) is 12.5. The lowest BCUT2D eigenvalue weighted by atomic mass is 9.95. The SMILES string of the molecule is O=C/C=C/n1nc(-c2ccc(F)cc2)c2c1CCCCCC2. The highest BCUT2D eigenvalue weighted by Crippen LogP contribution is 2.30. The van der Waals surface area contributed by atoms with E-state index in [1.165, 1.54) is 42.3 Å². The lowest BCUT2D eigenvalue weighted by Crippen LogP contribution is -2.03. The van der Waals surface area contributed by atoms with Crippen LogP contribution in [0, 0.1) is 5.82 Å². The Morgan fingerprint density at radius 2 is 1.77 bits per heavy atom. The molecule has 4 heteroatoms. The predicted octanol–water partition coefficient (Wildman–Crippen LogP) is 4.02. The normalized spacial score (nSPS) is 15.3. The van der Waals surface area contributed by atoms with Crippen molar-refractivity contribution >= 4 is 12.5 Å². The fraction of sp³-hybridized carbons (Fsp3) is 0.333. The molecule has 1 aromatic heterocycles. The van der Waals surface area contributed by atoms with Crippen LogP contribution in [0.5, 0.6) is 0 Å². The average molecular weight is 298 g/mol. The summed E-state index contributed by atoms with van der Waals surface area (Å²) in [6.45, 7) is 0. The van der Waals surface area contributed by atoms with Crippen LogP contribution in [0.2, 0.25) is 0 Å². The Morgan fingerprint density at radius 3 is 2.50 bits per heavy atom. The van der Waals surface area contributed by atoms with Crippen LogP contribution >= 0.6 is 0 Å². The number of allylic oxidation sites excluding steroid dienone is 1. The second kappa shape index (κ2) is 6.69. The van der Waals surface area contributed by atoms with Gasteiger partial charge in [-0.05, 0) is 56.0 Å². The van der Waals surface area contributed by atoms with Crippen molar-refractivity contribution in [2.45, 2.75) is 38.5 Å². The minimum absolute atomic E-state index is 0.244. The van der Waals surface area contributed by atoms with Gasteiger partial charge in [0, 0.05) is 23.0 Å². The fourth-order valence-electron chi connectivity index (χ4n) is 3.06. The Hall–Kier alpha value is -2.23. The summed E-state index contributed by atoms with van der Waals surface area (Å²) in [5.41, 5.74) is 4.25. The molecule has 22 heavy (non-hydrogen) atoms. The molecule has 0 radical (unpaired) electrons. The number of carbonyl (C=O) groups excluding carboxylic acids is 1. The minimum atomic E-state index is -0.244. The molecule has 0 bridgehead atoms. The molecule has 2 aromatic rings. The number of fused-ring (bicyclic) bond motifs is 1. The van der Waals surface area contributed by atoms with Gasteiger partial charge in [0.05, 0.1) is 5.69 Å². The molecule has 114 valence electrons. The quantitative estimate of drug-likeness (QED) is 0.633. The van der Waals surface area contributed by atoms with Gasteiger partial charge in [-0.3, -0.25) is 4.79 Å². The summed E-state index contributed by atoms with van der Waals surface area (Å²) < 4.78 is 15.0. The number of nitrogens with zero attached hydrogens (tertiary/aromatic N) is 2. The number of hydrogen-bond donors (Lipinski definition) is 0. The van der Waals surface area contributed by atoms with Crippen LogP contribution in [0.4, 0.5) is 4.39 Å². The van der Waals surface area contributed by atoms with Crippen molar-refractivity contribution in [1.82, 2.24) is 9.78 Å². The molecule has 1 aliphatic carbocycles. The number of hydrogen-bond acceptors (Lipinski definition) is 2. The summed E-state index contributed by atoms with van der Waals surface area (Å²) >= 11 is 0. The minimum Gasteiger partial charge on any atom is -0.299 e. The van der Waals surface area contributed by atoms with Crippen LogP contribution in [-0.2, 0) is 17.6 Å². The summed E-state index contributed by atoms with van der Waals surface area (Å²) in [7, 11) is 0. The molecule has 1 aromatic carbocycles. The topological polar surface area (TPSA) is 34.9 Å². The first kappa shape index (κ1) is 14.7. The van der Waals surface area contributed by atoms with E-state index in [9.17, 15) is 9.18 Å². The zero-order valence-electron chi connectivity index (χ0n) is 12.5. The van der Waals surface area contributed by atoms with Crippen molar-refractivity contribution < 1.29 is 9.18 Å². The standard InChI is InChI=1S/C18H19FN2O/c19-15-10-8-14(9-11-15)18-16-6-3-1-2-4-7-17(16)21(20-18)12-5-13-22/h5,8-13H,1-4,6-7H2/b12-5+. The molecular weight excluding hydrogens is 279 g/mol. The van der Waals surface area contributed by atoms with E-state index in [1.807, 2.05) is 4.68 Å². The van der Waals surface area contributed by atoms with Gasteiger partial charge in [0.1, 0.15) is 12.1 Å². The maximum Gasteiger partial charge on any atom is 0.144 e. The van der Waals surface area contributed by atoms with Gasteiger partial charge >= 0.3 is 0 Å². The summed E-state index contributed by atoms with van der Waals surface area (Å²) in [5.74, 6) is -0.244. The zero-order chi connectivity index (χ0) is 15.4. The van der Waals surface area contributed by atoms with Gasteiger partial charge in [-0.2, -0.15) is 5.10 Å². The number of aromatic nitrogens is 2. The van der Waals surface area contributed by atoms with Crippen molar-refractivity contribution in [1.29, 1.82) is 0 Å². The Labute approximate surface area is 129 Å². The summed E-state index contributed by atoms with van der Waals surface area (Å²) in [6, 6.07) is 6.46. The van der Waals surface area contributed by atoms with E-state index in [-0.39, 0.29) is 5.82 Å². The molecule has 0 saturated heterocycles. The van der Waals surface area contributed by atoms with Gasteiger partial charge in [-0.1, -0.05) is 12.8 Å². The molecule has 1 heterocycles. The molecule has 0 unspecified atom stereocenters. The van der Waals surface area contributed by atoms with Crippen LogP contribution in [0.15, 0.2) is 30.3 Å². The van der Waals surface area contributed by atoms with Crippen molar-refractivity contribution in [3.8, 4) is 11.3 Å². The van der Waals surface area contributed by atoms with E-state index >= 15 is 0 Å². The first-order valence-corrected chi connectivity index (χ1v) is 7.78. The Balaban J connectivity index is 2.10. The summed E-state index contributed by atoms with van der Waals surface area (Å²) in [4.78, 5) is 10.6. The van der Waals surface area contributed by atoms with Crippen LogP contribution in [0.1, 0.15) is 36.9 Å². The van der Waals surface area contributed by atoms with E-state index in [0.717, 1.165) is 43.2 Å². The largest absolute Gasteiger partial charge is 0.299 e. The molecule has 0 aliphatic heterocycles. The Morgan fingerprint density at radius 1 is 1.05 bits per heavy atom. The summed E-state index contributed by atoms with van der Waals surface area (Å²) in [5, 5.41) is 4.66. The number of rotatable bonds is 3. The number of benzene rings is 1. The maximum atomic E-state index is 13.2. The van der Waals surface area contributed by atoms with Gasteiger partial charge in [-0.25, -0.2) is 9.07 Å². The van der Waals surface area contributed by atoms with E-state index < -0.39 is 0 Å². The molecule has 0 N–H and O–H groups in total. The lowest BCUT2D eigenvalue weighted by Gasteiger charge is -2.11. The summed E-state index contributed by atoms with van der Waals surface area (Å²) in [6.07, 6.45) is 10.6. The molecule has 0 fully saturated rings. The van der Waals surface area contributed by atoms with Crippen LogP contribution in [0.25, 0.3) is 17.5 Å². The van der Waals surface area contributed by atoms with Crippen molar-refractivity contribution in [2.24, 2.45) is 0 Å². The lowest BCUT2D eigenvalue weighted by molar-refractivity contribution is -0.104. The monoisotopic (exact) mass is 298 g/mol. The third-order valence-electron chi connectivity index (χ3n) is 4.13. The van der Waals surface area contributed by atoms with E-state index in [0.29, 0.717) is 0 Å². The second-order valence-electron chi connectivity index (χ2n) is 5.62. The molecule has 3 rings (SSSR count). The molecule has 1 aliphatic rings. The molecular formula is C18H19FN2O. The van der Waals surface area contributed by atoms with Gasteiger partial charge in [0.25, 0.3) is 0 Å². The maximum absolute atomic E-state index is 13.2. The molecule has 0 spiro atoms. The highest BCUT2D eigenvalue weighted by Gasteiger charge is 2.19. The molecule has 0 atom stereocenters. The van der Waals surface area contributed by atoms with Crippen molar-refractivity contribution in [3.05, 3.63) is 47.4 Å². The highest BCUT2D eigenvalue weighted by atomic mass is 19.1. The van der Waals surface area contributed by atoms with Crippen molar-refractivity contribution in [3.63, 3.8) is 0 Å². The van der Waals surface area contributed by atoms with E-state index in [4.69, 9.17) is 0 Å². The molecule has 0 saturated carbocycles. The molecule has 0 amide bonds. The van der Waals surface area contributed by atoms with Crippen molar-refractivity contribution in [2.75, 3.05) is 0 Å². The molecule has 3 nitrogen and oxygen atoms in total. The Bertz CT molecular complexity index is 686. The van der Waals surface area contributed by atoms with Crippen LogP contribution in [-0.4, -0.2) is 16.1 Å². The number of aldehydes is 1. The average Bonchev–Trinajstić information content (AvgIpc) is 2.82. The van der Waals surface area contributed by atoms with Crippen LogP contribution < -0.4 is 0 Å². The number of halogens is 1. The third kappa shape index (κ3) is 3.01. The smallest absolute Gasteiger partial charge is 0.144 e. The van der Waals surface area contributed by atoms with Crippen LogP contribution in [0.3, 0.4) is 0 Å². The van der Waals surface area contributed by atoms with E-state index in [1.54, 1.807) is 18.3 Å². The first-order valence-electron chi connectivity index (χ1n) is 7.78.